The maximum atomic E-state index is 12.4. The number of non-ortho nitro benzene ring substituents is 1. The van der Waals surface area contributed by atoms with Gasteiger partial charge in [0.2, 0.25) is 0 Å². The van der Waals surface area contributed by atoms with Gasteiger partial charge in [-0.25, -0.2) is 0 Å². The zero-order valence-corrected chi connectivity index (χ0v) is 15.1. The molecule has 0 heterocycles. The lowest BCUT2D eigenvalue weighted by atomic mass is 10.1. The van der Waals surface area contributed by atoms with E-state index >= 15 is 0 Å². The van der Waals surface area contributed by atoms with Gasteiger partial charge >= 0.3 is 0 Å². The van der Waals surface area contributed by atoms with Crippen LogP contribution in [-0.2, 0) is 0 Å². The predicted octanol–water partition coefficient (Wildman–Crippen LogP) is 4.96. The maximum Gasteiger partial charge on any atom is 0.270 e. The van der Waals surface area contributed by atoms with Crippen LogP contribution in [0.2, 0.25) is 5.02 Å². The molecule has 0 spiro atoms. The van der Waals surface area contributed by atoms with Gasteiger partial charge in [0.15, 0.2) is 0 Å². The summed E-state index contributed by atoms with van der Waals surface area (Å²) >= 11 is 5.91. The van der Waals surface area contributed by atoms with Crippen LogP contribution in [0.15, 0.2) is 71.7 Å². The van der Waals surface area contributed by atoms with Crippen LogP contribution >= 0.6 is 11.6 Å². The van der Waals surface area contributed by atoms with Gasteiger partial charge in [-0.15, -0.1) is 0 Å². The number of nitrogens with one attached hydrogen (secondary N) is 1. The molecule has 0 aliphatic heterocycles. The Hall–Kier alpha value is -3.71. The van der Waals surface area contributed by atoms with E-state index in [4.69, 9.17) is 11.6 Å². The summed E-state index contributed by atoms with van der Waals surface area (Å²) in [7, 11) is 0. The molecule has 0 unspecified atom stereocenters. The summed E-state index contributed by atoms with van der Waals surface area (Å²) in [5, 5.41) is 23.9. The summed E-state index contributed by atoms with van der Waals surface area (Å²) in [5.74, 6) is -0.471. The average Bonchev–Trinajstić information content (AvgIpc) is 2.67. The lowest BCUT2D eigenvalue weighted by molar-refractivity contribution is -0.384. The van der Waals surface area contributed by atoms with E-state index in [1.54, 1.807) is 48.5 Å². The molecule has 140 valence electrons. The Bertz CT molecular complexity index is 1080. The Labute approximate surface area is 165 Å². The Morgan fingerprint density at radius 1 is 1.11 bits per heavy atom. The molecule has 0 aliphatic carbocycles. The molecule has 0 bridgehead atoms. The molecule has 28 heavy (non-hydrogen) atoms. The number of nitro groups is 1. The highest BCUT2D eigenvalue weighted by molar-refractivity contribution is 6.31. The van der Waals surface area contributed by atoms with Crippen molar-refractivity contribution in [1.82, 2.24) is 0 Å². The van der Waals surface area contributed by atoms with Gasteiger partial charge in [-0.1, -0.05) is 23.7 Å². The number of nitrogens with zero attached hydrogens (tertiary/aromatic N) is 2. The number of phenolic OH excluding ortho intramolecular Hbond substituents is 1. The molecule has 3 aromatic rings. The van der Waals surface area contributed by atoms with Gasteiger partial charge in [0.25, 0.3) is 11.6 Å². The van der Waals surface area contributed by atoms with Crippen molar-refractivity contribution < 1.29 is 14.8 Å². The molecule has 0 saturated heterocycles. The fourth-order valence-electron chi connectivity index (χ4n) is 2.40. The van der Waals surface area contributed by atoms with Gasteiger partial charge in [0, 0.05) is 40.2 Å². The summed E-state index contributed by atoms with van der Waals surface area (Å²) in [6.07, 6.45) is 1.30. The average molecular weight is 396 g/mol. The third-order valence-electron chi connectivity index (χ3n) is 3.77. The Morgan fingerprint density at radius 3 is 2.64 bits per heavy atom. The third-order valence-corrected chi connectivity index (χ3v) is 4.00. The van der Waals surface area contributed by atoms with E-state index in [0.29, 0.717) is 22.0 Å². The monoisotopic (exact) mass is 395 g/mol. The quantitative estimate of drug-likeness (QED) is 0.362. The minimum Gasteiger partial charge on any atom is -0.507 e. The first-order valence-corrected chi connectivity index (χ1v) is 8.48. The number of phenols is 1. The van der Waals surface area contributed by atoms with Crippen LogP contribution in [0.25, 0.3) is 0 Å². The van der Waals surface area contributed by atoms with Crippen molar-refractivity contribution >= 4 is 40.8 Å². The molecule has 3 rings (SSSR count). The van der Waals surface area contributed by atoms with Crippen molar-refractivity contribution in [2.24, 2.45) is 4.99 Å². The molecule has 8 heteroatoms. The molecule has 0 aromatic heterocycles. The van der Waals surface area contributed by atoms with E-state index < -0.39 is 4.92 Å². The van der Waals surface area contributed by atoms with E-state index in [-0.39, 0.29) is 22.9 Å². The zero-order valence-electron chi connectivity index (χ0n) is 14.4. The van der Waals surface area contributed by atoms with Gasteiger partial charge in [-0.3, -0.25) is 19.9 Å². The lowest BCUT2D eigenvalue weighted by Crippen LogP contribution is -2.11. The highest BCUT2D eigenvalue weighted by Crippen LogP contribution is 2.23. The normalized spacial score (nSPS) is 10.8. The largest absolute Gasteiger partial charge is 0.507 e. The number of anilines is 1. The van der Waals surface area contributed by atoms with Gasteiger partial charge in [-0.2, -0.15) is 0 Å². The van der Waals surface area contributed by atoms with E-state index in [0.717, 1.165) is 0 Å². The van der Waals surface area contributed by atoms with E-state index in [9.17, 15) is 20.0 Å². The molecule has 0 radical (unpaired) electrons. The fraction of sp³-hybridized carbons (Fsp3) is 0. The first kappa shape index (κ1) is 19.1. The van der Waals surface area contributed by atoms with Crippen LogP contribution in [0.5, 0.6) is 5.75 Å². The number of carbonyl (C=O) groups excluding carboxylic acids is 1. The van der Waals surface area contributed by atoms with Crippen molar-refractivity contribution in [2.45, 2.75) is 0 Å². The summed E-state index contributed by atoms with van der Waals surface area (Å²) in [6, 6.07) is 16.9. The number of benzene rings is 3. The van der Waals surface area contributed by atoms with Gasteiger partial charge in [0.05, 0.1) is 10.6 Å². The van der Waals surface area contributed by atoms with Crippen molar-refractivity contribution in [3.8, 4) is 5.75 Å². The second-order valence-corrected chi connectivity index (χ2v) is 6.21. The van der Waals surface area contributed by atoms with Crippen LogP contribution in [0.3, 0.4) is 0 Å². The number of hydrogen-bond acceptors (Lipinski definition) is 5. The van der Waals surface area contributed by atoms with Crippen LogP contribution in [0.1, 0.15) is 15.9 Å². The molecular formula is C20H14ClN3O4. The van der Waals surface area contributed by atoms with Crippen LogP contribution in [0, 0.1) is 10.1 Å². The topological polar surface area (TPSA) is 105 Å². The SMILES string of the molecule is O=C(Nc1cccc(Cl)c1)c1cccc(N=Cc2cc([N+](=O)[O-])ccc2O)c1. The zero-order chi connectivity index (χ0) is 20.1. The fourth-order valence-corrected chi connectivity index (χ4v) is 2.59. The lowest BCUT2D eigenvalue weighted by Gasteiger charge is -2.06. The minimum absolute atomic E-state index is 0.135. The first-order chi connectivity index (χ1) is 13.4. The summed E-state index contributed by atoms with van der Waals surface area (Å²) < 4.78 is 0. The molecule has 2 N–H and O–H groups in total. The molecule has 0 aliphatic rings. The summed E-state index contributed by atoms with van der Waals surface area (Å²) in [4.78, 5) is 26.9. The molecule has 3 aromatic carbocycles. The second kappa shape index (κ2) is 8.32. The number of aromatic hydroxyl groups is 1. The van der Waals surface area contributed by atoms with Crippen molar-refractivity contribution in [2.75, 3.05) is 5.32 Å². The first-order valence-electron chi connectivity index (χ1n) is 8.11. The Kier molecular flexibility index (Phi) is 5.67. The number of amides is 1. The number of aliphatic imine (C=N–C) groups is 1. The molecule has 1 amide bonds. The molecule has 0 atom stereocenters. The standard InChI is InChI=1S/C20H14ClN3O4/c21-15-4-2-6-17(11-15)23-20(26)13-3-1-5-16(9-13)22-12-14-10-18(24(27)28)7-8-19(14)25/h1-12,25H,(H,23,26). The number of hydrogen-bond donors (Lipinski definition) is 2. The maximum absolute atomic E-state index is 12.4. The minimum atomic E-state index is -0.558. The van der Waals surface area contributed by atoms with Crippen molar-refractivity contribution in [3.63, 3.8) is 0 Å². The Balaban J connectivity index is 1.80. The predicted molar refractivity (Wildman–Crippen MR) is 108 cm³/mol. The molecule has 7 nitrogen and oxygen atoms in total. The third kappa shape index (κ3) is 4.72. The summed E-state index contributed by atoms with van der Waals surface area (Å²) in [5.41, 5.74) is 1.42. The molecular weight excluding hydrogens is 382 g/mol. The number of halogens is 1. The number of carbonyl (C=O) groups is 1. The second-order valence-electron chi connectivity index (χ2n) is 5.77. The van der Waals surface area contributed by atoms with E-state index in [1.807, 2.05) is 0 Å². The van der Waals surface area contributed by atoms with E-state index in [2.05, 4.69) is 10.3 Å². The molecule has 0 fully saturated rings. The van der Waals surface area contributed by atoms with Gasteiger partial charge in [-0.05, 0) is 42.5 Å². The van der Waals surface area contributed by atoms with Crippen LogP contribution < -0.4 is 5.32 Å². The molecule has 0 saturated carbocycles. The van der Waals surface area contributed by atoms with Gasteiger partial charge < -0.3 is 10.4 Å². The van der Waals surface area contributed by atoms with Crippen LogP contribution in [0.4, 0.5) is 17.1 Å². The van der Waals surface area contributed by atoms with Crippen LogP contribution in [-0.4, -0.2) is 22.2 Å². The number of nitro benzene ring substituents is 1. The summed E-state index contributed by atoms with van der Waals surface area (Å²) in [6.45, 7) is 0. The highest BCUT2D eigenvalue weighted by Gasteiger charge is 2.10. The van der Waals surface area contributed by atoms with Crippen molar-refractivity contribution in [1.29, 1.82) is 0 Å². The smallest absolute Gasteiger partial charge is 0.270 e. The van der Waals surface area contributed by atoms with Crippen molar-refractivity contribution in [3.05, 3.63) is 93.0 Å². The van der Waals surface area contributed by atoms with Gasteiger partial charge in [0.1, 0.15) is 5.75 Å². The number of rotatable bonds is 5. The highest BCUT2D eigenvalue weighted by atomic mass is 35.5. The van der Waals surface area contributed by atoms with E-state index in [1.165, 1.54) is 24.4 Å². The Morgan fingerprint density at radius 2 is 1.89 bits per heavy atom.